The summed E-state index contributed by atoms with van der Waals surface area (Å²) in [6, 6.07) is 9.97. The van der Waals surface area contributed by atoms with E-state index in [1.807, 2.05) is 30.3 Å². The molecule has 3 nitrogen and oxygen atoms in total. The van der Waals surface area contributed by atoms with Gasteiger partial charge in [0.15, 0.2) is 0 Å². The quantitative estimate of drug-likeness (QED) is 0.867. The van der Waals surface area contributed by atoms with E-state index in [-0.39, 0.29) is 6.61 Å². The SMILES string of the molecule is CC1CC(C)CN(CCC(N)(CO)c2ccccc2)C1. The van der Waals surface area contributed by atoms with Crippen molar-refractivity contribution in [3.8, 4) is 0 Å². The van der Waals surface area contributed by atoms with Gasteiger partial charge in [0.1, 0.15) is 0 Å². The van der Waals surface area contributed by atoms with Crippen LogP contribution < -0.4 is 5.73 Å². The number of nitrogens with zero attached hydrogens (tertiary/aromatic N) is 1. The number of aliphatic hydroxyl groups excluding tert-OH is 1. The van der Waals surface area contributed by atoms with Gasteiger partial charge in [-0.05, 0) is 30.2 Å². The second-order valence-electron chi connectivity index (χ2n) is 6.64. The minimum absolute atomic E-state index is 0.00401. The second-order valence-corrected chi connectivity index (χ2v) is 6.64. The summed E-state index contributed by atoms with van der Waals surface area (Å²) in [5.41, 5.74) is 6.84. The molecule has 0 aliphatic carbocycles. The Balaban J connectivity index is 1.97. The molecule has 0 aromatic heterocycles. The Bertz CT molecular complexity index is 399. The number of rotatable bonds is 5. The Morgan fingerprint density at radius 1 is 1.20 bits per heavy atom. The zero-order chi connectivity index (χ0) is 14.6. The van der Waals surface area contributed by atoms with E-state index in [2.05, 4.69) is 18.7 Å². The fourth-order valence-electron chi connectivity index (χ4n) is 3.42. The maximum atomic E-state index is 9.73. The molecule has 1 fully saturated rings. The number of piperidine rings is 1. The van der Waals surface area contributed by atoms with Crippen LogP contribution in [-0.2, 0) is 5.54 Å². The van der Waals surface area contributed by atoms with E-state index in [0.717, 1.165) is 43.5 Å². The average molecular weight is 276 g/mol. The highest BCUT2D eigenvalue weighted by atomic mass is 16.3. The molecule has 3 N–H and O–H groups in total. The van der Waals surface area contributed by atoms with Crippen molar-refractivity contribution in [3.63, 3.8) is 0 Å². The van der Waals surface area contributed by atoms with Crippen LogP contribution in [0.1, 0.15) is 32.3 Å². The third-order valence-electron chi connectivity index (χ3n) is 4.45. The van der Waals surface area contributed by atoms with Crippen LogP contribution in [0.15, 0.2) is 30.3 Å². The summed E-state index contributed by atoms with van der Waals surface area (Å²) in [7, 11) is 0. The summed E-state index contributed by atoms with van der Waals surface area (Å²) in [5, 5.41) is 9.73. The van der Waals surface area contributed by atoms with Crippen molar-refractivity contribution >= 4 is 0 Å². The van der Waals surface area contributed by atoms with E-state index in [9.17, 15) is 5.11 Å². The van der Waals surface area contributed by atoms with Gasteiger partial charge in [-0.1, -0.05) is 44.2 Å². The lowest BCUT2D eigenvalue weighted by molar-refractivity contribution is 0.114. The molecule has 112 valence electrons. The first kappa shape index (κ1) is 15.5. The normalized spacial score (nSPS) is 27.2. The first-order chi connectivity index (χ1) is 9.53. The Labute approximate surface area is 122 Å². The van der Waals surface area contributed by atoms with Crippen molar-refractivity contribution in [2.45, 2.75) is 32.2 Å². The smallest absolute Gasteiger partial charge is 0.0656 e. The Kier molecular flexibility index (Phi) is 5.19. The molecule has 3 unspecified atom stereocenters. The van der Waals surface area contributed by atoms with Gasteiger partial charge >= 0.3 is 0 Å². The van der Waals surface area contributed by atoms with Crippen LogP contribution in [0.3, 0.4) is 0 Å². The molecule has 1 heterocycles. The first-order valence-electron chi connectivity index (χ1n) is 7.71. The summed E-state index contributed by atoms with van der Waals surface area (Å²) >= 11 is 0. The molecule has 1 saturated heterocycles. The fraction of sp³-hybridized carbons (Fsp3) is 0.647. The van der Waals surface area contributed by atoms with Crippen LogP contribution in [-0.4, -0.2) is 36.2 Å². The molecule has 0 saturated carbocycles. The van der Waals surface area contributed by atoms with Gasteiger partial charge < -0.3 is 15.7 Å². The second kappa shape index (κ2) is 6.70. The minimum Gasteiger partial charge on any atom is -0.394 e. The summed E-state index contributed by atoms with van der Waals surface area (Å²) in [5.74, 6) is 1.52. The number of benzene rings is 1. The molecule has 20 heavy (non-hydrogen) atoms. The largest absolute Gasteiger partial charge is 0.394 e. The van der Waals surface area contributed by atoms with Crippen molar-refractivity contribution in [3.05, 3.63) is 35.9 Å². The van der Waals surface area contributed by atoms with Crippen LogP contribution in [0.25, 0.3) is 0 Å². The van der Waals surface area contributed by atoms with Crippen LogP contribution in [0, 0.1) is 11.8 Å². The fourth-order valence-corrected chi connectivity index (χ4v) is 3.42. The zero-order valence-electron chi connectivity index (χ0n) is 12.8. The Morgan fingerprint density at radius 3 is 2.35 bits per heavy atom. The molecular weight excluding hydrogens is 248 g/mol. The first-order valence-corrected chi connectivity index (χ1v) is 7.71. The number of aliphatic hydroxyl groups is 1. The molecule has 1 aliphatic rings. The van der Waals surface area contributed by atoms with Gasteiger partial charge in [0.2, 0.25) is 0 Å². The zero-order valence-corrected chi connectivity index (χ0v) is 12.8. The average Bonchev–Trinajstić information content (AvgIpc) is 2.45. The maximum absolute atomic E-state index is 9.73. The summed E-state index contributed by atoms with van der Waals surface area (Å²) in [6.07, 6.45) is 2.12. The van der Waals surface area contributed by atoms with E-state index < -0.39 is 5.54 Å². The molecule has 0 bridgehead atoms. The van der Waals surface area contributed by atoms with E-state index in [1.165, 1.54) is 6.42 Å². The molecule has 2 rings (SSSR count). The number of hydrogen-bond donors (Lipinski definition) is 2. The van der Waals surface area contributed by atoms with Crippen LogP contribution in [0.4, 0.5) is 0 Å². The summed E-state index contributed by atoms with van der Waals surface area (Å²) in [6.45, 7) is 7.90. The lowest BCUT2D eigenvalue weighted by atomic mass is 9.87. The summed E-state index contributed by atoms with van der Waals surface area (Å²) in [4.78, 5) is 2.50. The van der Waals surface area contributed by atoms with E-state index in [1.54, 1.807) is 0 Å². The highest BCUT2D eigenvalue weighted by molar-refractivity contribution is 5.24. The van der Waals surface area contributed by atoms with Gasteiger partial charge in [-0.3, -0.25) is 0 Å². The van der Waals surface area contributed by atoms with Crippen molar-refractivity contribution in [1.82, 2.24) is 4.90 Å². The number of nitrogens with two attached hydrogens (primary N) is 1. The minimum atomic E-state index is -0.620. The van der Waals surface area contributed by atoms with Crippen LogP contribution >= 0.6 is 0 Å². The highest BCUT2D eigenvalue weighted by Gasteiger charge is 2.29. The monoisotopic (exact) mass is 276 g/mol. The van der Waals surface area contributed by atoms with Crippen molar-refractivity contribution in [2.24, 2.45) is 17.6 Å². The maximum Gasteiger partial charge on any atom is 0.0656 e. The van der Waals surface area contributed by atoms with Gasteiger partial charge in [-0.2, -0.15) is 0 Å². The van der Waals surface area contributed by atoms with Gasteiger partial charge in [0.05, 0.1) is 12.1 Å². The number of hydrogen-bond acceptors (Lipinski definition) is 3. The van der Waals surface area contributed by atoms with Gasteiger partial charge in [-0.25, -0.2) is 0 Å². The predicted molar refractivity (Wildman–Crippen MR) is 83.4 cm³/mol. The Hall–Kier alpha value is -0.900. The van der Waals surface area contributed by atoms with Crippen LogP contribution in [0.2, 0.25) is 0 Å². The summed E-state index contributed by atoms with van der Waals surface area (Å²) < 4.78 is 0. The topological polar surface area (TPSA) is 49.5 Å². The third kappa shape index (κ3) is 3.81. The van der Waals surface area contributed by atoms with Crippen molar-refractivity contribution in [1.29, 1.82) is 0 Å². The standard InChI is InChI=1S/C17H28N2O/c1-14-10-15(2)12-19(11-14)9-8-17(18,13-20)16-6-4-3-5-7-16/h3-7,14-15,20H,8-13,18H2,1-2H3. The molecule has 3 heteroatoms. The highest BCUT2D eigenvalue weighted by Crippen LogP contribution is 2.25. The van der Waals surface area contributed by atoms with E-state index in [4.69, 9.17) is 5.73 Å². The lowest BCUT2D eigenvalue weighted by Crippen LogP contribution is -2.46. The molecule has 3 atom stereocenters. The van der Waals surface area contributed by atoms with E-state index in [0.29, 0.717) is 0 Å². The molecule has 0 spiro atoms. The van der Waals surface area contributed by atoms with Crippen molar-refractivity contribution in [2.75, 3.05) is 26.2 Å². The van der Waals surface area contributed by atoms with Gasteiger partial charge in [0.25, 0.3) is 0 Å². The predicted octanol–water partition coefficient (Wildman–Crippen LogP) is 2.20. The van der Waals surface area contributed by atoms with E-state index >= 15 is 0 Å². The number of likely N-dealkylation sites (tertiary alicyclic amines) is 1. The molecule has 0 radical (unpaired) electrons. The molecule has 1 aliphatic heterocycles. The van der Waals surface area contributed by atoms with Gasteiger partial charge in [0, 0.05) is 19.6 Å². The van der Waals surface area contributed by atoms with Gasteiger partial charge in [-0.15, -0.1) is 0 Å². The molecule has 1 aromatic carbocycles. The van der Waals surface area contributed by atoms with Crippen LogP contribution in [0.5, 0.6) is 0 Å². The lowest BCUT2D eigenvalue weighted by Gasteiger charge is -2.37. The molecule has 1 aromatic rings. The Morgan fingerprint density at radius 2 is 1.80 bits per heavy atom. The third-order valence-corrected chi connectivity index (χ3v) is 4.45. The molecule has 0 amide bonds. The molecular formula is C17H28N2O. The van der Waals surface area contributed by atoms with Crippen molar-refractivity contribution < 1.29 is 5.11 Å².